The smallest absolute Gasteiger partial charge is 0.223 e. The van der Waals surface area contributed by atoms with E-state index in [4.69, 9.17) is 0 Å². The Kier molecular flexibility index (Phi) is 4.34. The zero-order valence-corrected chi connectivity index (χ0v) is 13.1. The first-order valence-electron chi connectivity index (χ1n) is 7.48. The van der Waals surface area contributed by atoms with Gasteiger partial charge in [-0.1, -0.05) is 29.8 Å². The highest BCUT2D eigenvalue weighted by Gasteiger charge is 2.31. The number of thiazole rings is 1. The van der Waals surface area contributed by atoms with E-state index in [1.54, 1.807) is 11.3 Å². The van der Waals surface area contributed by atoms with Gasteiger partial charge in [0.1, 0.15) is 5.01 Å². The molecular weight excluding hydrogens is 280 g/mol. The van der Waals surface area contributed by atoms with Gasteiger partial charge >= 0.3 is 0 Å². The van der Waals surface area contributed by atoms with Crippen LogP contribution < -0.4 is 0 Å². The molecule has 1 aromatic heterocycles. The van der Waals surface area contributed by atoms with E-state index in [2.05, 4.69) is 36.2 Å². The quantitative estimate of drug-likeness (QED) is 0.861. The molecular formula is C17H20N2OS. The first-order chi connectivity index (χ1) is 10.2. The number of aryl methyl sites for hydroxylation is 2. The second-order valence-electron chi connectivity index (χ2n) is 5.60. The molecule has 1 amide bonds. The fourth-order valence-corrected chi connectivity index (χ4v) is 3.77. The van der Waals surface area contributed by atoms with Crippen LogP contribution in [-0.2, 0) is 11.2 Å². The average molecular weight is 300 g/mol. The van der Waals surface area contributed by atoms with Gasteiger partial charge in [-0.25, -0.2) is 4.98 Å². The Labute approximate surface area is 129 Å². The largest absolute Gasteiger partial charge is 0.333 e. The number of rotatable bonds is 4. The molecule has 1 saturated heterocycles. The maximum Gasteiger partial charge on any atom is 0.223 e. The Balaban J connectivity index is 1.62. The predicted molar refractivity (Wildman–Crippen MR) is 85.3 cm³/mol. The molecule has 0 bridgehead atoms. The minimum Gasteiger partial charge on any atom is -0.333 e. The van der Waals surface area contributed by atoms with E-state index in [0.29, 0.717) is 6.42 Å². The lowest BCUT2D eigenvalue weighted by Crippen LogP contribution is -2.30. The minimum absolute atomic E-state index is 0.204. The summed E-state index contributed by atoms with van der Waals surface area (Å²) in [6.07, 6.45) is 5.37. The van der Waals surface area contributed by atoms with Crippen molar-refractivity contribution in [2.45, 2.75) is 38.6 Å². The van der Waals surface area contributed by atoms with Gasteiger partial charge in [-0.15, -0.1) is 11.3 Å². The van der Waals surface area contributed by atoms with Crippen LogP contribution in [0.1, 0.15) is 41.4 Å². The first-order valence-corrected chi connectivity index (χ1v) is 8.36. The summed E-state index contributed by atoms with van der Waals surface area (Å²) in [5.41, 5.74) is 2.50. The van der Waals surface area contributed by atoms with Crippen LogP contribution in [0, 0.1) is 6.92 Å². The molecule has 21 heavy (non-hydrogen) atoms. The molecule has 1 atom stereocenters. The van der Waals surface area contributed by atoms with E-state index in [9.17, 15) is 4.79 Å². The highest BCUT2D eigenvalue weighted by molar-refractivity contribution is 7.09. The van der Waals surface area contributed by atoms with Gasteiger partial charge in [0.25, 0.3) is 0 Å². The van der Waals surface area contributed by atoms with Gasteiger partial charge in [0.2, 0.25) is 5.91 Å². The number of hydrogen-bond acceptors (Lipinski definition) is 3. The molecule has 1 aromatic carbocycles. The Hall–Kier alpha value is -1.68. The third-order valence-electron chi connectivity index (χ3n) is 4.02. The normalized spacial score (nSPS) is 18.1. The van der Waals surface area contributed by atoms with Crippen molar-refractivity contribution in [1.29, 1.82) is 0 Å². The van der Waals surface area contributed by atoms with Crippen LogP contribution in [0.15, 0.2) is 35.8 Å². The maximum atomic E-state index is 12.5. The maximum absolute atomic E-state index is 12.5. The summed E-state index contributed by atoms with van der Waals surface area (Å²) in [6.45, 7) is 2.96. The number of carbonyl (C=O) groups excluding carboxylic acids is 1. The summed E-state index contributed by atoms with van der Waals surface area (Å²) < 4.78 is 0. The van der Waals surface area contributed by atoms with Crippen molar-refractivity contribution in [2.75, 3.05) is 6.54 Å². The average Bonchev–Trinajstić information content (AvgIpc) is 3.14. The molecule has 110 valence electrons. The molecule has 1 unspecified atom stereocenters. The molecule has 2 heterocycles. The van der Waals surface area contributed by atoms with Crippen LogP contribution in [0.3, 0.4) is 0 Å². The molecule has 0 radical (unpaired) electrons. The number of nitrogens with zero attached hydrogens (tertiary/aromatic N) is 2. The minimum atomic E-state index is 0.204. The van der Waals surface area contributed by atoms with Crippen LogP contribution in [0.4, 0.5) is 0 Å². The van der Waals surface area contributed by atoms with E-state index < -0.39 is 0 Å². The molecule has 0 saturated carbocycles. The van der Waals surface area contributed by atoms with E-state index in [1.807, 2.05) is 16.5 Å². The summed E-state index contributed by atoms with van der Waals surface area (Å²) >= 11 is 1.65. The van der Waals surface area contributed by atoms with E-state index in [1.165, 1.54) is 11.1 Å². The van der Waals surface area contributed by atoms with Crippen LogP contribution in [0.25, 0.3) is 0 Å². The van der Waals surface area contributed by atoms with Crippen LogP contribution in [-0.4, -0.2) is 22.3 Å². The Morgan fingerprint density at radius 2 is 2.38 bits per heavy atom. The summed E-state index contributed by atoms with van der Waals surface area (Å²) in [5.74, 6) is 0.259. The standard InChI is InChI=1S/C17H20N2OS/c1-13-4-2-5-14(12-13)7-8-16(20)19-10-3-6-15(19)17-18-9-11-21-17/h2,4-5,9,11-12,15H,3,6-8,10H2,1H3. The van der Waals surface area contributed by atoms with Crippen molar-refractivity contribution in [1.82, 2.24) is 9.88 Å². The summed E-state index contributed by atoms with van der Waals surface area (Å²) in [7, 11) is 0. The summed E-state index contributed by atoms with van der Waals surface area (Å²) in [4.78, 5) is 18.9. The Morgan fingerprint density at radius 1 is 1.48 bits per heavy atom. The van der Waals surface area contributed by atoms with E-state index in [-0.39, 0.29) is 11.9 Å². The molecule has 4 heteroatoms. The van der Waals surface area contributed by atoms with Crippen LogP contribution >= 0.6 is 11.3 Å². The third-order valence-corrected chi connectivity index (χ3v) is 4.90. The van der Waals surface area contributed by atoms with Crippen molar-refractivity contribution in [3.05, 3.63) is 52.0 Å². The fraction of sp³-hybridized carbons (Fsp3) is 0.412. The molecule has 3 nitrogen and oxygen atoms in total. The summed E-state index contributed by atoms with van der Waals surface area (Å²) in [6, 6.07) is 8.61. The zero-order valence-electron chi connectivity index (χ0n) is 12.3. The van der Waals surface area contributed by atoms with Gasteiger partial charge < -0.3 is 4.90 Å². The molecule has 0 N–H and O–H groups in total. The number of benzene rings is 1. The van der Waals surface area contributed by atoms with Gasteiger partial charge in [-0.3, -0.25) is 4.79 Å². The molecule has 1 aliphatic rings. The van der Waals surface area contributed by atoms with Gasteiger partial charge in [0.15, 0.2) is 0 Å². The third kappa shape index (κ3) is 3.32. The Bertz CT molecular complexity index is 609. The molecule has 3 rings (SSSR count). The monoisotopic (exact) mass is 300 g/mol. The van der Waals surface area contributed by atoms with Gasteiger partial charge in [-0.05, 0) is 31.7 Å². The highest BCUT2D eigenvalue weighted by Crippen LogP contribution is 2.33. The van der Waals surface area contributed by atoms with Gasteiger partial charge in [-0.2, -0.15) is 0 Å². The number of amides is 1. The zero-order chi connectivity index (χ0) is 14.7. The predicted octanol–water partition coefficient (Wildman–Crippen LogP) is 3.75. The van der Waals surface area contributed by atoms with Crippen LogP contribution in [0.2, 0.25) is 0 Å². The van der Waals surface area contributed by atoms with Crippen molar-refractivity contribution >= 4 is 17.2 Å². The second kappa shape index (κ2) is 6.39. The summed E-state index contributed by atoms with van der Waals surface area (Å²) in [5, 5.41) is 3.07. The van der Waals surface area contributed by atoms with E-state index in [0.717, 1.165) is 30.8 Å². The molecule has 1 fully saturated rings. The van der Waals surface area contributed by atoms with E-state index >= 15 is 0 Å². The SMILES string of the molecule is Cc1cccc(CCC(=O)N2CCCC2c2nccs2)c1. The number of carbonyl (C=O) groups is 1. The number of aromatic nitrogens is 1. The van der Waals surface area contributed by atoms with Gasteiger partial charge in [0, 0.05) is 24.5 Å². The topological polar surface area (TPSA) is 33.2 Å². The van der Waals surface area contributed by atoms with Crippen molar-refractivity contribution in [2.24, 2.45) is 0 Å². The second-order valence-corrected chi connectivity index (χ2v) is 6.53. The highest BCUT2D eigenvalue weighted by atomic mass is 32.1. The molecule has 2 aromatic rings. The molecule has 0 spiro atoms. The lowest BCUT2D eigenvalue weighted by molar-refractivity contribution is -0.132. The van der Waals surface area contributed by atoms with Crippen molar-refractivity contribution < 1.29 is 4.79 Å². The lowest BCUT2D eigenvalue weighted by atomic mass is 10.1. The van der Waals surface area contributed by atoms with Crippen molar-refractivity contribution in [3.8, 4) is 0 Å². The first kappa shape index (κ1) is 14.3. The van der Waals surface area contributed by atoms with Crippen LogP contribution in [0.5, 0.6) is 0 Å². The Morgan fingerprint density at radius 3 is 3.14 bits per heavy atom. The van der Waals surface area contributed by atoms with Gasteiger partial charge in [0.05, 0.1) is 6.04 Å². The number of likely N-dealkylation sites (tertiary alicyclic amines) is 1. The molecule has 0 aliphatic carbocycles. The fourth-order valence-electron chi connectivity index (χ4n) is 2.98. The number of hydrogen-bond donors (Lipinski definition) is 0. The lowest BCUT2D eigenvalue weighted by Gasteiger charge is -2.23. The molecule has 1 aliphatic heterocycles. The van der Waals surface area contributed by atoms with Crippen molar-refractivity contribution in [3.63, 3.8) is 0 Å².